The molecule has 6 nitrogen and oxygen atoms in total. The first-order valence-electron chi connectivity index (χ1n) is 8.70. The van der Waals surface area contributed by atoms with Gasteiger partial charge in [0, 0.05) is 10.0 Å². The number of hydrogen-bond acceptors (Lipinski definition) is 5. The van der Waals surface area contributed by atoms with E-state index in [9.17, 15) is 9.59 Å². The first-order chi connectivity index (χ1) is 13.9. The predicted octanol–water partition coefficient (Wildman–Crippen LogP) is 4.44. The summed E-state index contributed by atoms with van der Waals surface area (Å²) in [4.78, 5) is 26.5. The molecule has 1 saturated heterocycles. The van der Waals surface area contributed by atoms with E-state index in [2.05, 4.69) is 21.2 Å². The van der Waals surface area contributed by atoms with Crippen LogP contribution in [0.3, 0.4) is 0 Å². The standard InChI is InChI=1S/C21H15BrN2O4S/c1-12-9-13(4-6-17(12)22)18-7-5-14(28-18)10-16-19(25)23-21(29)24(20(16)26)11-15-3-2-8-27-15/h2-10H,11H2,1H3,(H,23,25,29)/b16-10+. The van der Waals surface area contributed by atoms with Gasteiger partial charge in [0.05, 0.1) is 12.8 Å². The Kier molecular flexibility index (Phi) is 5.21. The molecule has 0 unspecified atom stereocenters. The average Bonchev–Trinajstić information content (AvgIpc) is 3.36. The lowest BCUT2D eigenvalue weighted by molar-refractivity contribution is -0.129. The minimum absolute atomic E-state index is 0.0408. The zero-order valence-electron chi connectivity index (χ0n) is 15.3. The van der Waals surface area contributed by atoms with Crippen molar-refractivity contribution in [3.63, 3.8) is 0 Å². The Hall–Kier alpha value is -2.97. The Labute approximate surface area is 180 Å². The lowest BCUT2D eigenvalue weighted by Crippen LogP contribution is -2.53. The molecule has 0 bridgehead atoms. The van der Waals surface area contributed by atoms with E-state index in [1.165, 1.54) is 17.2 Å². The summed E-state index contributed by atoms with van der Waals surface area (Å²) in [5.41, 5.74) is 1.91. The van der Waals surface area contributed by atoms with Crippen LogP contribution >= 0.6 is 28.1 Å². The number of nitrogens with one attached hydrogen (secondary N) is 1. The van der Waals surface area contributed by atoms with E-state index in [1.54, 1.807) is 24.3 Å². The van der Waals surface area contributed by atoms with Crippen LogP contribution in [0.1, 0.15) is 17.1 Å². The van der Waals surface area contributed by atoms with Gasteiger partial charge in [-0.2, -0.15) is 0 Å². The third-order valence-electron chi connectivity index (χ3n) is 4.44. The zero-order chi connectivity index (χ0) is 20.5. The van der Waals surface area contributed by atoms with Gasteiger partial charge in [0.1, 0.15) is 22.9 Å². The van der Waals surface area contributed by atoms with Crippen molar-refractivity contribution < 1.29 is 18.4 Å². The maximum absolute atomic E-state index is 12.9. The second kappa shape index (κ2) is 7.81. The molecule has 29 heavy (non-hydrogen) atoms. The van der Waals surface area contributed by atoms with Crippen LogP contribution in [0.2, 0.25) is 0 Å². The molecule has 1 fully saturated rings. The average molecular weight is 471 g/mol. The lowest BCUT2D eigenvalue weighted by Gasteiger charge is -2.27. The van der Waals surface area contributed by atoms with Gasteiger partial charge in [0.25, 0.3) is 11.8 Å². The van der Waals surface area contributed by atoms with Gasteiger partial charge < -0.3 is 8.83 Å². The lowest BCUT2D eigenvalue weighted by atomic mass is 10.1. The molecule has 1 aromatic carbocycles. The van der Waals surface area contributed by atoms with Crippen molar-refractivity contribution in [1.29, 1.82) is 0 Å². The number of thiocarbonyl (C=S) groups is 1. The highest BCUT2D eigenvalue weighted by molar-refractivity contribution is 9.10. The number of carbonyl (C=O) groups excluding carboxylic acids is 2. The molecule has 8 heteroatoms. The number of halogens is 1. The Morgan fingerprint density at radius 3 is 2.76 bits per heavy atom. The summed E-state index contributed by atoms with van der Waals surface area (Å²) in [7, 11) is 0. The Balaban J connectivity index is 1.61. The van der Waals surface area contributed by atoms with Crippen LogP contribution in [0.5, 0.6) is 0 Å². The molecule has 0 radical (unpaired) electrons. The topological polar surface area (TPSA) is 75.7 Å². The number of nitrogens with zero attached hydrogens (tertiary/aromatic N) is 1. The normalized spacial score (nSPS) is 15.9. The van der Waals surface area contributed by atoms with Crippen molar-refractivity contribution in [3.05, 3.63) is 75.9 Å². The van der Waals surface area contributed by atoms with Crippen molar-refractivity contribution in [1.82, 2.24) is 10.2 Å². The second-order valence-electron chi connectivity index (χ2n) is 6.45. The van der Waals surface area contributed by atoms with Gasteiger partial charge in [-0.3, -0.25) is 19.8 Å². The molecular formula is C21H15BrN2O4S. The summed E-state index contributed by atoms with van der Waals surface area (Å²) < 4.78 is 12.1. The number of carbonyl (C=O) groups is 2. The minimum Gasteiger partial charge on any atom is -0.467 e. The molecule has 0 aliphatic carbocycles. The molecule has 0 atom stereocenters. The van der Waals surface area contributed by atoms with Crippen LogP contribution in [0.4, 0.5) is 0 Å². The second-order valence-corrected chi connectivity index (χ2v) is 7.69. The molecule has 1 aliphatic rings. The van der Waals surface area contributed by atoms with Gasteiger partial charge >= 0.3 is 0 Å². The maximum Gasteiger partial charge on any atom is 0.266 e. The van der Waals surface area contributed by atoms with Gasteiger partial charge in [-0.05, 0) is 67.2 Å². The molecule has 1 aliphatic heterocycles. The number of hydrogen-bond donors (Lipinski definition) is 1. The van der Waals surface area contributed by atoms with E-state index in [-0.39, 0.29) is 17.2 Å². The van der Waals surface area contributed by atoms with Crippen LogP contribution in [-0.2, 0) is 16.1 Å². The van der Waals surface area contributed by atoms with Crippen LogP contribution in [0, 0.1) is 6.92 Å². The summed E-state index contributed by atoms with van der Waals surface area (Å²) >= 11 is 8.61. The fraction of sp³-hybridized carbons (Fsp3) is 0.0952. The largest absolute Gasteiger partial charge is 0.467 e. The third-order valence-corrected chi connectivity index (χ3v) is 5.65. The first kappa shape index (κ1) is 19.4. The van der Waals surface area contributed by atoms with Crippen LogP contribution in [0.25, 0.3) is 17.4 Å². The summed E-state index contributed by atoms with van der Waals surface area (Å²) in [6, 6.07) is 12.8. The minimum atomic E-state index is -0.562. The SMILES string of the molecule is Cc1cc(-c2ccc(/C=C3\C(=O)NC(=S)N(Cc4ccco4)C3=O)o2)ccc1Br. The van der Waals surface area contributed by atoms with Crippen molar-refractivity contribution in [2.24, 2.45) is 0 Å². The highest BCUT2D eigenvalue weighted by Crippen LogP contribution is 2.28. The van der Waals surface area contributed by atoms with Crippen LogP contribution < -0.4 is 5.32 Å². The molecule has 1 N–H and O–H groups in total. The van der Waals surface area contributed by atoms with Crippen molar-refractivity contribution >= 4 is 51.2 Å². The van der Waals surface area contributed by atoms with E-state index >= 15 is 0 Å². The molecule has 2 amide bonds. The molecular weight excluding hydrogens is 456 g/mol. The first-order valence-corrected chi connectivity index (χ1v) is 9.90. The molecule has 0 saturated carbocycles. The molecule has 2 aromatic heterocycles. The van der Waals surface area contributed by atoms with Gasteiger partial charge in [0.15, 0.2) is 5.11 Å². The molecule has 3 aromatic rings. The van der Waals surface area contributed by atoms with Crippen LogP contribution in [-0.4, -0.2) is 21.8 Å². The smallest absolute Gasteiger partial charge is 0.266 e. The van der Waals surface area contributed by atoms with E-state index in [0.717, 1.165) is 15.6 Å². The van der Waals surface area contributed by atoms with Gasteiger partial charge in [-0.25, -0.2) is 0 Å². The fourth-order valence-electron chi connectivity index (χ4n) is 2.92. The quantitative estimate of drug-likeness (QED) is 0.346. The van der Waals surface area contributed by atoms with Crippen molar-refractivity contribution in [2.75, 3.05) is 0 Å². The van der Waals surface area contributed by atoms with E-state index < -0.39 is 11.8 Å². The summed E-state index contributed by atoms with van der Waals surface area (Å²) in [6.07, 6.45) is 2.93. The Morgan fingerprint density at radius 2 is 2.03 bits per heavy atom. The van der Waals surface area contributed by atoms with Gasteiger partial charge in [-0.1, -0.05) is 22.0 Å². The van der Waals surface area contributed by atoms with Gasteiger partial charge in [0.2, 0.25) is 0 Å². The summed E-state index contributed by atoms with van der Waals surface area (Å²) in [5, 5.41) is 2.58. The molecule has 0 spiro atoms. The van der Waals surface area contributed by atoms with E-state index in [0.29, 0.717) is 17.3 Å². The molecule has 3 heterocycles. The number of benzene rings is 1. The van der Waals surface area contributed by atoms with E-state index in [4.69, 9.17) is 21.1 Å². The van der Waals surface area contributed by atoms with Crippen molar-refractivity contribution in [3.8, 4) is 11.3 Å². The number of furan rings is 2. The van der Waals surface area contributed by atoms with Crippen LogP contribution in [0.15, 0.2) is 67.6 Å². The third kappa shape index (κ3) is 3.94. The molecule has 146 valence electrons. The number of rotatable bonds is 4. The summed E-state index contributed by atoms with van der Waals surface area (Å²) in [5.74, 6) is 0.520. The highest BCUT2D eigenvalue weighted by atomic mass is 79.9. The number of amides is 2. The fourth-order valence-corrected chi connectivity index (χ4v) is 3.41. The highest BCUT2D eigenvalue weighted by Gasteiger charge is 2.34. The van der Waals surface area contributed by atoms with Crippen molar-refractivity contribution in [2.45, 2.75) is 13.5 Å². The Bertz CT molecular complexity index is 1150. The molecule has 4 rings (SSSR count). The maximum atomic E-state index is 12.9. The summed E-state index contributed by atoms with van der Waals surface area (Å²) in [6.45, 7) is 2.12. The van der Waals surface area contributed by atoms with E-state index in [1.807, 2.05) is 25.1 Å². The van der Waals surface area contributed by atoms with Gasteiger partial charge in [-0.15, -0.1) is 0 Å². The number of aryl methyl sites for hydroxylation is 1. The Morgan fingerprint density at radius 1 is 1.21 bits per heavy atom. The zero-order valence-corrected chi connectivity index (χ0v) is 17.7. The monoisotopic (exact) mass is 470 g/mol. The predicted molar refractivity (Wildman–Crippen MR) is 115 cm³/mol.